The van der Waals surface area contributed by atoms with E-state index in [2.05, 4.69) is 0 Å². The van der Waals surface area contributed by atoms with Gasteiger partial charge in [-0.3, -0.25) is 4.79 Å². The standard InChI is InChI=1S/C16H18N2O4S/c1-17(2)23(20,21)13-7-8-14-12(11-13)5-3-9-18(14)16(19)15-6-4-10-22-15/h4,6-8,10-11H,3,5,9H2,1-2H3. The van der Waals surface area contributed by atoms with Crippen molar-refractivity contribution in [2.45, 2.75) is 17.7 Å². The van der Waals surface area contributed by atoms with Crippen LogP contribution in [0.15, 0.2) is 45.9 Å². The van der Waals surface area contributed by atoms with E-state index in [1.165, 1.54) is 24.7 Å². The van der Waals surface area contributed by atoms with E-state index < -0.39 is 10.0 Å². The number of nitrogens with zero attached hydrogens (tertiary/aromatic N) is 2. The Morgan fingerprint density at radius 2 is 2.04 bits per heavy atom. The van der Waals surface area contributed by atoms with Gasteiger partial charge in [-0.15, -0.1) is 0 Å². The monoisotopic (exact) mass is 334 g/mol. The zero-order valence-corrected chi connectivity index (χ0v) is 13.8. The van der Waals surface area contributed by atoms with Gasteiger partial charge in [0.15, 0.2) is 5.76 Å². The van der Waals surface area contributed by atoms with Gasteiger partial charge in [0.1, 0.15) is 0 Å². The van der Waals surface area contributed by atoms with Crippen molar-refractivity contribution < 1.29 is 17.6 Å². The number of fused-ring (bicyclic) bond motifs is 1. The van der Waals surface area contributed by atoms with Gasteiger partial charge in [0.25, 0.3) is 5.91 Å². The topological polar surface area (TPSA) is 70.8 Å². The molecule has 0 unspecified atom stereocenters. The maximum Gasteiger partial charge on any atom is 0.293 e. The summed E-state index contributed by atoms with van der Waals surface area (Å²) in [4.78, 5) is 14.4. The lowest BCUT2D eigenvalue weighted by Gasteiger charge is -2.29. The lowest BCUT2D eigenvalue weighted by Crippen LogP contribution is -2.35. The van der Waals surface area contributed by atoms with Crippen molar-refractivity contribution >= 4 is 21.6 Å². The fourth-order valence-corrected chi connectivity index (χ4v) is 3.64. The molecule has 3 rings (SSSR count). The van der Waals surface area contributed by atoms with Crippen LogP contribution < -0.4 is 4.90 Å². The highest BCUT2D eigenvalue weighted by atomic mass is 32.2. The number of hydrogen-bond donors (Lipinski definition) is 0. The lowest BCUT2D eigenvalue weighted by molar-refractivity contribution is 0.0958. The average molecular weight is 334 g/mol. The smallest absolute Gasteiger partial charge is 0.293 e. The quantitative estimate of drug-likeness (QED) is 0.862. The van der Waals surface area contributed by atoms with E-state index in [1.807, 2.05) is 0 Å². The summed E-state index contributed by atoms with van der Waals surface area (Å²) in [7, 11) is -0.477. The number of furan rings is 1. The Morgan fingerprint density at radius 3 is 2.70 bits per heavy atom. The number of carbonyl (C=O) groups excluding carboxylic acids is 1. The predicted octanol–water partition coefficient (Wildman–Crippen LogP) is 2.12. The van der Waals surface area contributed by atoms with Crippen LogP contribution in [0.2, 0.25) is 0 Å². The fourth-order valence-electron chi connectivity index (χ4n) is 2.69. The Balaban J connectivity index is 2.00. The molecule has 0 N–H and O–H groups in total. The van der Waals surface area contributed by atoms with Crippen LogP contribution in [0, 0.1) is 0 Å². The minimum Gasteiger partial charge on any atom is -0.459 e. The predicted molar refractivity (Wildman–Crippen MR) is 86.0 cm³/mol. The molecular weight excluding hydrogens is 316 g/mol. The molecule has 2 heterocycles. The van der Waals surface area contributed by atoms with E-state index in [-0.39, 0.29) is 16.6 Å². The summed E-state index contributed by atoms with van der Waals surface area (Å²) >= 11 is 0. The number of amides is 1. The van der Waals surface area contributed by atoms with Gasteiger partial charge >= 0.3 is 0 Å². The zero-order chi connectivity index (χ0) is 16.6. The van der Waals surface area contributed by atoms with Crippen molar-refractivity contribution in [3.63, 3.8) is 0 Å². The Labute approximate surface area is 135 Å². The molecule has 0 saturated carbocycles. The molecule has 23 heavy (non-hydrogen) atoms. The number of sulfonamides is 1. The van der Waals surface area contributed by atoms with Crippen LogP contribution in [0.3, 0.4) is 0 Å². The molecule has 1 aliphatic heterocycles. The van der Waals surface area contributed by atoms with Crippen LogP contribution >= 0.6 is 0 Å². The van der Waals surface area contributed by atoms with E-state index in [9.17, 15) is 13.2 Å². The molecule has 1 aromatic heterocycles. The Hall–Kier alpha value is -2.12. The van der Waals surface area contributed by atoms with E-state index in [1.54, 1.807) is 35.2 Å². The maximum atomic E-state index is 12.5. The van der Waals surface area contributed by atoms with Crippen LogP contribution in [-0.4, -0.2) is 39.3 Å². The van der Waals surface area contributed by atoms with Gasteiger partial charge < -0.3 is 9.32 Å². The molecule has 0 atom stereocenters. The van der Waals surface area contributed by atoms with E-state index in [4.69, 9.17) is 4.42 Å². The first-order chi connectivity index (χ1) is 10.9. The summed E-state index contributed by atoms with van der Waals surface area (Å²) < 4.78 is 30.9. The summed E-state index contributed by atoms with van der Waals surface area (Å²) in [6.07, 6.45) is 2.99. The molecule has 0 bridgehead atoms. The normalized spacial score (nSPS) is 14.8. The van der Waals surface area contributed by atoms with Crippen molar-refractivity contribution in [3.05, 3.63) is 47.9 Å². The Kier molecular flexibility index (Phi) is 3.99. The molecule has 0 fully saturated rings. The number of benzene rings is 1. The number of carbonyl (C=O) groups is 1. The number of rotatable bonds is 3. The highest BCUT2D eigenvalue weighted by molar-refractivity contribution is 7.89. The zero-order valence-electron chi connectivity index (χ0n) is 13.0. The summed E-state index contributed by atoms with van der Waals surface area (Å²) in [6.45, 7) is 0.590. The molecule has 7 heteroatoms. The van der Waals surface area contributed by atoms with Crippen molar-refractivity contribution in [1.82, 2.24) is 4.31 Å². The number of aryl methyl sites for hydroxylation is 1. The van der Waals surface area contributed by atoms with Crippen molar-refractivity contribution in [3.8, 4) is 0 Å². The largest absolute Gasteiger partial charge is 0.459 e. The van der Waals surface area contributed by atoms with Crippen LogP contribution in [0.25, 0.3) is 0 Å². The van der Waals surface area contributed by atoms with Crippen LogP contribution in [0.4, 0.5) is 5.69 Å². The minimum absolute atomic E-state index is 0.209. The van der Waals surface area contributed by atoms with Crippen molar-refractivity contribution in [2.75, 3.05) is 25.5 Å². The molecule has 0 radical (unpaired) electrons. The molecule has 1 aromatic carbocycles. The second-order valence-electron chi connectivity index (χ2n) is 5.62. The first-order valence-electron chi connectivity index (χ1n) is 7.32. The molecule has 0 spiro atoms. The molecule has 1 amide bonds. The van der Waals surface area contributed by atoms with Crippen LogP contribution in [0.1, 0.15) is 22.5 Å². The Morgan fingerprint density at radius 1 is 1.26 bits per heavy atom. The van der Waals surface area contributed by atoms with E-state index in [0.717, 1.165) is 24.1 Å². The second kappa shape index (κ2) is 5.82. The highest BCUT2D eigenvalue weighted by Crippen LogP contribution is 2.31. The molecule has 0 saturated heterocycles. The third-order valence-corrected chi connectivity index (χ3v) is 5.74. The summed E-state index contributed by atoms with van der Waals surface area (Å²) in [5.41, 5.74) is 1.61. The number of anilines is 1. The van der Waals surface area contributed by atoms with E-state index >= 15 is 0 Å². The average Bonchev–Trinajstić information content (AvgIpc) is 3.07. The molecule has 1 aliphatic rings. The van der Waals surface area contributed by atoms with Gasteiger partial charge in [0.2, 0.25) is 10.0 Å². The van der Waals surface area contributed by atoms with Crippen LogP contribution in [-0.2, 0) is 16.4 Å². The molecule has 0 aliphatic carbocycles. The summed E-state index contributed by atoms with van der Waals surface area (Å²) in [6, 6.07) is 8.20. The number of hydrogen-bond acceptors (Lipinski definition) is 4. The molecular formula is C16H18N2O4S. The van der Waals surface area contributed by atoms with Gasteiger partial charge in [-0.1, -0.05) is 0 Å². The van der Waals surface area contributed by atoms with Gasteiger partial charge in [-0.2, -0.15) is 0 Å². The second-order valence-corrected chi connectivity index (χ2v) is 7.77. The summed E-state index contributed by atoms with van der Waals surface area (Å²) in [5.74, 6) is 0.0713. The minimum atomic E-state index is -3.48. The first-order valence-corrected chi connectivity index (χ1v) is 8.76. The first kappa shape index (κ1) is 15.8. The van der Waals surface area contributed by atoms with Crippen molar-refractivity contribution in [2.24, 2.45) is 0 Å². The SMILES string of the molecule is CN(C)S(=O)(=O)c1ccc2c(c1)CCCN2C(=O)c1ccco1. The van der Waals surface area contributed by atoms with Gasteiger partial charge in [0.05, 0.1) is 11.2 Å². The highest BCUT2D eigenvalue weighted by Gasteiger charge is 2.27. The molecule has 6 nitrogen and oxygen atoms in total. The van der Waals surface area contributed by atoms with Crippen molar-refractivity contribution in [1.29, 1.82) is 0 Å². The Bertz CT molecular complexity index is 826. The van der Waals surface area contributed by atoms with Gasteiger partial charge in [-0.25, -0.2) is 12.7 Å². The fraction of sp³-hybridized carbons (Fsp3) is 0.312. The lowest BCUT2D eigenvalue weighted by atomic mass is 10.0. The third kappa shape index (κ3) is 2.77. The van der Waals surface area contributed by atoms with Gasteiger partial charge in [0, 0.05) is 26.3 Å². The maximum absolute atomic E-state index is 12.5. The third-order valence-electron chi connectivity index (χ3n) is 3.93. The molecule has 122 valence electrons. The van der Waals surface area contributed by atoms with E-state index in [0.29, 0.717) is 6.54 Å². The summed E-state index contributed by atoms with van der Waals surface area (Å²) in [5, 5.41) is 0. The van der Waals surface area contributed by atoms with Gasteiger partial charge in [-0.05, 0) is 48.7 Å². The van der Waals surface area contributed by atoms with Crippen LogP contribution in [0.5, 0.6) is 0 Å². The molecule has 2 aromatic rings.